The SMILES string of the molecule is CCCCC1CCc2cc(C3CCC4CC(OCCC)CCC4C3)cc(F)c2C1. The van der Waals surface area contributed by atoms with Gasteiger partial charge in [0.05, 0.1) is 6.10 Å². The number of aryl methyl sites for hydroxylation is 1. The number of halogens is 1. The second-order valence-electron chi connectivity index (χ2n) is 10.2. The summed E-state index contributed by atoms with van der Waals surface area (Å²) in [5.41, 5.74) is 3.67. The third-order valence-corrected chi connectivity index (χ3v) is 8.18. The van der Waals surface area contributed by atoms with Crippen LogP contribution in [0, 0.1) is 23.6 Å². The molecule has 1 aromatic carbocycles. The van der Waals surface area contributed by atoms with E-state index in [4.69, 9.17) is 4.74 Å². The Balaban J connectivity index is 1.39. The fourth-order valence-corrected chi connectivity index (χ4v) is 6.48. The number of hydrogen-bond donors (Lipinski definition) is 0. The van der Waals surface area contributed by atoms with Crippen LogP contribution >= 0.6 is 0 Å². The average Bonchev–Trinajstić information content (AvgIpc) is 2.75. The van der Waals surface area contributed by atoms with Crippen molar-refractivity contribution in [1.29, 1.82) is 0 Å². The third kappa shape index (κ3) is 5.06. The van der Waals surface area contributed by atoms with Gasteiger partial charge in [0.15, 0.2) is 0 Å². The van der Waals surface area contributed by atoms with Gasteiger partial charge in [-0.1, -0.05) is 39.2 Å². The van der Waals surface area contributed by atoms with E-state index in [1.54, 1.807) is 0 Å². The maximum Gasteiger partial charge on any atom is 0.126 e. The third-order valence-electron chi connectivity index (χ3n) is 8.18. The van der Waals surface area contributed by atoms with Gasteiger partial charge in [-0.3, -0.25) is 0 Å². The molecule has 0 radical (unpaired) electrons. The highest BCUT2D eigenvalue weighted by Gasteiger charge is 2.36. The molecule has 1 aromatic rings. The van der Waals surface area contributed by atoms with Gasteiger partial charge in [-0.15, -0.1) is 0 Å². The molecule has 162 valence electrons. The van der Waals surface area contributed by atoms with Crippen molar-refractivity contribution in [2.24, 2.45) is 17.8 Å². The Morgan fingerprint density at radius 2 is 1.79 bits per heavy atom. The number of hydrogen-bond acceptors (Lipinski definition) is 1. The molecule has 0 spiro atoms. The van der Waals surface area contributed by atoms with Gasteiger partial charge in [-0.25, -0.2) is 4.39 Å². The van der Waals surface area contributed by atoms with E-state index in [2.05, 4.69) is 19.9 Å². The van der Waals surface area contributed by atoms with Gasteiger partial charge >= 0.3 is 0 Å². The Labute approximate surface area is 177 Å². The van der Waals surface area contributed by atoms with E-state index in [0.29, 0.717) is 17.9 Å². The number of benzene rings is 1. The molecule has 1 nitrogen and oxygen atoms in total. The minimum Gasteiger partial charge on any atom is -0.378 e. The van der Waals surface area contributed by atoms with Gasteiger partial charge in [0.1, 0.15) is 5.82 Å². The van der Waals surface area contributed by atoms with Crippen molar-refractivity contribution >= 4 is 0 Å². The van der Waals surface area contributed by atoms with Crippen molar-refractivity contribution in [2.45, 2.75) is 109 Å². The summed E-state index contributed by atoms with van der Waals surface area (Å²) in [5.74, 6) is 3.03. The van der Waals surface area contributed by atoms with Crippen molar-refractivity contribution < 1.29 is 9.13 Å². The first-order chi connectivity index (χ1) is 14.2. The second kappa shape index (κ2) is 9.94. The Morgan fingerprint density at radius 3 is 2.62 bits per heavy atom. The Bertz CT molecular complexity index is 669. The first-order valence-corrected chi connectivity index (χ1v) is 12.6. The molecule has 2 fully saturated rings. The van der Waals surface area contributed by atoms with Crippen LogP contribution in [-0.4, -0.2) is 12.7 Å². The topological polar surface area (TPSA) is 9.23 Å². The predicted octanol–water partition coefficient (Wildman–Crippen LogP) is 7.60. The summed E-state index contributed by atoms with van der Waals surface area (Å²) in [6, 6.07) is 4.32. The molecule has 3 aliphatic rings. The monoisotopic (exact) mass is 400 g/mol. The molecule has 0 heterocycles. The fourth-order valence-electron chi connectivity index (χ4n) is 6.48. The fraction of sp³-hybridized carbons (Fsp3) is 0.778. The van der Waals surface area contributed by atoms with Crippen LogP contribution in [0.3, 0.4) is 0 Å². The van der Waals surface area contributed by atoms with Crippen LogP contribution < -0.4 is 0 Å². The second-order valence-corrected chi connectivity index (χ2v) is 10.2. The molecule has 2 saturated carbocycles. The molecule has 4 rings (SSSR count). The molecule has 0 bridgehead atoms. The first-order valence-electron chi connectivity index (χ1n) is 12.6. The van der Waals surface area contributed by atoms with Crippen molar-refractivity contribution in [2.75, 3.05) is 6.61 Å². The van der Waals surface area contributed by atoms with E-state index in [1.807, 2.05) is 6.07 Å². The zero-order valence-electron chi connectivity index (χ0n) is 18.7. The largest absolute Gasteiger partial charge is 0.378 e. The van der Waals surface area contributed by atoms with Crippen LogP contribution in [0.5, 0.6) is 0 Å². The van der Waals surface area contributed by atoms with E-state index in [0.717, 1.165) is 43.3 Å². The van der Waals surface area contributed by atoms with Crippen LogP contribution in [-0.2, 0) is 17.6 Å². The molecule has 3 aliphatic carbocycles. The van der Waals surface area contributed by atoms with E-state index >= 15 is 4.39 Å². The summed E-state index contributed by atoms with van der Waals surface area (Å²) in [4.78, 5) is 0. The van der Waals surface area contributed by atoms with Crippen LogP contribution in [0.1, 0.15) is 107 Å². The van der Waals surface area contributed by atoms with Gasteiger partial charge in [0.2, 0.25) is 0 Å². The summed E-state index contributed by atoms with van der Waals surface area (Å²) in [6.45, 7) is 5.36. The van der Waals surface area contributed by atoms with Gasteiger partial charge in [-0.2, -0.15) is 0 Å². The minimum absolute atomic E-state index is 0.0949. The molecular formula is C27H41FO. The van der Waals surface area contributed by atoms with Gasteiger partial charge < -0.3 is 4.74 Å². The van der Waals surface area contributed by atoms with Crippen LogP contribution in [0.15, 0.2) is 12.1 Å². The Morgan fingerprint density at radius 1 is 0.966 bits per heavy atom. The summed E-state index contributed by atoms with van der Waals surface area (Å²) in [5, 5.41) is 0. The minimum atomic E-state index is 0.0949. The quantitative estimate of drug-likeness (QED) is 0.458. The first kappa shape index (κ1) is 21.3. The molecule has 2 heteroatoms. The molecule has 0 N–H and O–H groups in total. The molecule has 29 heavy (non-hydrogen) atoms. The van der Waals surface area contributed by atoms with Gasteiger partial charge in [-0.05, 0) is 111 Å². The maximum atomic E-state index is 15.1. The zero-order chi connectivity index (χ0) is 20.2. The smallest absolute Gasteiger partial charge is 0.126 e. The highest BCUT2D eigenvalue weighted by Crippen LogP contribution is 2.47. The average molecular weight is 401 g/mol. The Kier molecular flexibility index (Phi) is 7.32. The molecule has 5 unspecified atom stereocenters. The summed E-state index contributed by atoms with van der Waals surface area (Å²) in [7, 11) is 0. The standard InChI is InChI=1S/C27H41FO/c1-3-5-6-19-7-8-23-16-24(18-27(28)26(23)14-19)21-9-10-22-17-25(29-13-4-2)12-11-20(22)15-21/h16,18-22,25H,3-15,17H2,1-2H3. The molecule has 5 atom stereocenters. The van der Waals surface area contributed by atoms with Crippen LogP contribution in [0.4, 0.5) is 4.39 Å². The van der Waals surface area contributed by atoms with Crippen molar-refractivity contribution in [3.05, 3.63) is 34.6 Å². The number of fused-ring (bicyclic) bond motifs is 2. The van der Waals surface area contributed by atoms with Crippen LogP contribution in [0.2, 0.25) is 0 Å². The van der Waals surface area contributed by atoms with Crippen molar-refractivity contribution in [3.8, 4) is 0 Å². The maximum absolute atomic E-state index is 15.1. The normalized spacial score (nSPS) is 31.9. The van der Waals surface area contributed by atoms with Crippen LogP contribution in [0.25, 0.3) is 0 Å². The summed E-state index contributed by atoms with van der Waals surface area (Å²) in [6.07, 6.45) is 16.3. The molecule has 0 saturated heterocycles. The lowest BCUT2D eigenvalue weighted by molar-refractivity contribution is -0.0147. The highest BCUT2D eigenvalue weighted by molar-refractivity contribution is 5.37. The predicted molar refractivity (Wildman–Crippen MR) is 119 cm³/mol. The van der Waals surface area contributed by atoms with Gasteiger partial charge in [0.25, 0.3) is 0 Å². The summed E-state index contributed by atoms with van der Waals surface area (Å²) >= 11 is 0. The lowest BCUT2D eigenvalue weighted by Gasteiger charge is -2.42. The van der Waals surface area contributed by atoms with Gasteiger partial charge in [0, 0.05) is 6.61 Å². The van der Waals surface area contributed by atoms with E-state index in [-0.39, 0.29) is 5.82 Å². The van der Waals surface area contributed by atoms with Crippen molar-refractivity contribution in [1.82, 2.24) is 0 Å². The number of unbranched alkanes of at least 4 members (excludes halogenated alkanes) is 1. The molecule has 0 aromatic heterocycles. The highest BCUT2D eigenvalue weighted by atomic mass is 19.1. The molecule has 0 aliphatic heterocycles. The molecule has 0 amide bonds. The molecular weight excluding hydrogens is 359 g/mol. The lowest BCUT2D eigenvalue weighted by atomic mass is 9.65. The summed E-state index contributed by atoms with van der Waals surface area (Å²) < 4.78 is 21.1. The zero-order valence-corrected chi connectivity index (χ0v) is 18.7. The number of rotatable bonds is 7. The Hall–Kier alpha value is -0.890. The number of ether oxygens (including phenoxy) is 1. The van der Waals surface area contributed by atoms with E-state index in [1.165, 1.54) is 75.3 Å². The van der Waals surface area contributed by atoms with E-state index in [9.17, 15) is 0 Å². The van der Waals surface area contributed by atoms with E-state index < -0.39 is 0 Å². The lowest BCUT2D eigenvalue weighted by Crippen LogP contribution is -2.34. The van der Waals surface area contributed by atoms with Crippen molar-refractivity contribution in [3.63, 3.8) is 0 Å².